The van der Waals surface area contributed by atoms with Crippen molar-refractivity contribution in [3.63, 3.8) is 0 Å². The first kappa shape index (κ1) is 13.1. The SMILES string of the molecule is COc1cc(NC2CCCCCC2O)ccc1F. The molecule has 0 amide bonds. The monoisotopic (exact) mass is 253 g/mol. The lowest BCUT2D eigenvalue weighted by Crippen LogP contribution is -2.32. The third kappa shape index (κ3) is 3.13. The van der Waals surface area contributed by atoms with Gasteiger partial charge < -0.3 is 15.2 Å². The molecule has 1 aliphatic carbocycles. The number of hydrogen-bond acceptors (Lipinski definition) is 3. The summed E-state index contributed by atoms with van der Waals surface area (Å²) in [5, 5.41) is 13.3. The fraction of sp³-hybridized carbons (Fsp3) is 0.571. The summed E-state index contributed by atoms with van der Waals surface area (Å²) in [5.74, 6) is -0.146. The summed E-state index contributed by atoms with van der Waals surface area (Å²) in [7, 11) is 1.45. The molecule has 0 radical (unpaired) electrons. The van der Waals surface area contributed by atoms with E-state index >= 15 is 0 Å². The molecule has 3 nitrogen and oxygen atoms in total. The lowest BCUT2D eigenvalue weighted by atomic mass is 10.1. The van der Waals surface area contributed by atoms with Gasteiger partial charge in [0.25, 0.3) is 0 Å². The van der Waals surface area contributed by atoms with Gasteiger partial charge in [0.2, 0.25) is 0 Å². The molecule has 2 unspecified atom stereocenters. The summed E-state index contributed by atoms with van der Waals surface area (Å²) in [6.45, 7) is 0. The standard InChI is InChI=1S/C14H20FNO2/c1-18-14-9-10(7-8-11(14)15)16-12-5-3-2-4-6-13(12)17/h7-9,12-13,16-17H,2-6H2,1H3. The molecule has 1 aromatic rings. The van der Waals surface area contributed by atoms with Crippen molar-refractivity contribution in [2.75, 3.05) is 12.4 Å². The van der Waals surface area contributed by atoms with E-state index in [9.17, 15) is 9.50 Å². The van der Waals surface area contributed by atoms with Crippen molar-refractivity contribution in [2.24, 2.45) is 0 Å². The summed E-state index contributed by atoms with van der Waals surface area (Å²) in [5.41, 5.74) is 0.791. The molecule has 0 heterocycles. The molecule has 0 aromatic heterocycles. The van der Waals surface area contributed by atoms with Crippen LogP contribution in [-0.2, 0) is 0 Å². The summed E-state index contributed by atoms with van der Waals surface area (Å²) in [6, 6.07) is 4.73. The van der Waals surface area contributed by atoms with Crippen molar-refractivity contribution in [1.82, 2.24) is 0 Å². The Balaban J connectivity index is 2.07. The number of ether oxygens (including phenoxy) is 1. The lowest BCUT2D eigenvalue weighted by molar-refractivity contribution is 0.144. The highest BCUT2D eigenvalue weighted by Crippen LogP contribution is 2.25. The van der Waals surface area contributed by atoms with E-state index < -0.39 is 0 Å². The van der Waals surface area contributed by atoms with E-state index in [1.54, 1.807) is 12.1 Å². The molecule has 100 valence electrons. The van der Waals surface area contributed by atoms with Gasteiger partial charge in [0, 0.05) is 11.8 Å². The van der Waals surface area contributed by atoms with Gasteiger partial charge in [0.1, 0.15) is 0 Å². The quantitative estimate of drug-likeness (QED) is 0.814. The van der Waals surface area contributed by atoms with Gasteiger partial charge in [-0.05, 0) is 25.0 Å². The maximum Gasteiger partial charge on any atom is 0.165 e. The molecule has 1 aliphatic rings. The molecule has 1 saturated carbocycles. The molecular formula is C14H20FNO2. The Kier molecular flexibility index (Phi) is 4.42. The van der Waals surface area contributed by atoms with E-state index in [0.29, 0.717) is 0 Å². The number of methoxy groups -OCH3 is 1. The first-order valence-corrected chi connectivity index (χ1v) is 6.49. The van der Waals surface area contributed by atoms with Gasteiger partial charge in [-0.1, -0.05) is 19.3 Å². The maximum absolute atomic E-state index is 13.3. The molecule has 1 fully saturated rings. The zero-order chi connectivity index (χ0) is 13.0. The number of hydrogen-bond donors (Lipinski definition) is 2. The largest absolute Gasteiger partial charge is 0.494 e. The predicted molar refractivity (Wildman–Crippen MR) is 69.5 cm³/mol. The Morgan fingerprint density at radius 2 is 2.06 bits per heavy atom. The second kappa shape index (κ2) is 6.05. The van der Waals surface area contributed by atoms with Gasteiger partial charge in [-0.3, -0.25) is 0 Å². The van der Waals surface area contributed by atoms with Gasteiger partial charge in [0.15, 0.2) is 11.6 Å². The van der Waals surface area contributed by atoms with Crippen LogP contribution in [0.4, 0.5) is 10.1 Å². The number of nitrogens with one attached hydrogen (secondary N) is 1. The fourth-order valence-corrected chi connectivity index (χ4v) is 2.42. The van der Waals surface area contributed by atoms with E-state index in [2.05, 4.69) is 5.32 Å². The zero-order valence-electron chi connectivity index (χ0n) is 10.7. The van der Waals surface area contributed by atoms with Gasteiger partial charge in [-0.15, -0.1) is 0 Å². The minimum atomic E-state index is -0.371. The highest BCUT2D eigenvalue weighted by molar-refractivity contribution is 5.49. The molecule has 0 spiro atoms. The molecule has 2 rings (SSSR count). The zero-order valence-corrected chi connectivity index (χ0v) is 10.7. The van der Waals surface area contributed by atoms with Gasteiger partial charge in [-0.2, -0.15) is 0 Å². The van der Waals surface area contributed by atoms with Crippen LogP contribution in [0.15, 0.2) is 18.2 Å². The maximum atomic E-state index is 13.3. The van der Waals surface area contributed by atoms with Crippen LogP contribution in [0.25, 0.3) is 0 Å². The molecular weight excluding hydrogens is 233 g/mol. The Morgan fingerprint density at radius 1 is 1.28 bits per heavy atom. The molecule has 4 heteroatoms. The van der Waals surface area contributed by atoms with Crippen molar-refractivity contribution in [3.8, 4) is 5.75 Å². The first-order valence-electron chi connectivity index (χ1n) is 6.49. The van der Waals surface area contributed by atoms with Gasteiger partial charge >= 0.3 is 0 Å². The summed E-state index contributed by atoms with van der Waals surface area (Å²) >= 11 is 0. The van der Waals surface area contributed by atoms with E-state index in [1.807, 2.05) is 0 Å². The van der Waals surface area contributed by atoms with Crippen molar-refractivity contribution in [2.45, 2.75) is 44.2 Å². The highest BCUT2D eigenvalue weighted by atomic mass is 19.1. The number of halogens is 1. The van der Waals surface area contributed by atoms with Crippen LogP contribution in [0.2, 0.25) is 0 Å². The second-order valence-corrected chi connectivity index (χ2v) is 4.81. The van der Waals surface area contributed by atoms with Crippen molar-refractivity contribution >= 4 is 5.69 Å². The molecule has 18 heavy (non-hydrogen) atoms. The average molecular weight is 253 g/mol. The number of rotatable bonds is 3. The van der Waals surface area contributed by atoms with Crippen LogP contribution >= 0.6 is 0 Å². The number of anilines is 1. The normalized spacial score (nSPS) is 24.4. The number of benzene rings is 1. The Morgan fingerprint density at radius 3 is 2.83 bits per heavy atom. The molecule has 0 saturated heterocycles. The Bertz CT molecular complexity index is 397. The summed E-state index contributed by atoms with van der Waals surface area (Å²) in [6.07, 6.45) is 4.81. The number of aliphatic hydroxyl groups is 1. The Hall–Kier alpha value is -1.29. The lowest BCUT2D eigenvalue weighted by Gasteiger charge is -2.23. The minimum Gasteiger partial charge on any atom is -0.494 e. The molecule has 1 aromatic carbocycles. The van der Waals surface area contributed by atoms with E-state index in [1.165, 1.54) is 19.6 Å². The summed E-state index contributed by atoms with van der Waals surface area (Å²) < 4.78 is 18.2. The summed E-state index contributed by atoms with van der Waals surface area (Å²) in [4.78, 5) is 0. The first-order chi connectivity index (χ1) is 8.70. The van der Waals surface area contributed by atoms with Crippen LogP contribution in [0.5, 0.6) is 5.75 Å². The topological polar surface area (TPSA) is 41.5 Å². The fourth-order valence-electron chi connectivity index (χ4n) is 2.42. The smallest absolute Gasteiger partial charge is 0.165 e. The van der Waals surface area contributed by atoms with E-state index in [0.717, 1.165) is 31.4 Å². The molecule has 2 atom stereocenters. The molecule has 0 bridgehead atoms. The van der Waals surface area contributed by atoms with Crippen LogP contribution in [0.1, 0.15) is 32.1 Å². The van der Waals surface area contributed by atoms with Crippen LogP contribution in [0.3, 0.4) is 0 Å². The van der Waals surface area contributed by atoms with E-state index in [4.69, 9.17) is 4.74 Å². The second-order valence-electron chi connectivity index (χ2n) is 4.81. The predicted octanol–water partition coefficient (Wildman–Crippen LogP) is 2.94. The average Bonchev–Trinajstić information content (AvgIpc) is 2.57. The highest BCUT2D eigenvalue weighted by Gasteiger charge is 2.21. The Labute approximate surface area is 107 Å². The third-order valence-electron chi connectivity index (χ3n) is 3.48. The van der Waals surface area contributed by atoms with Crippen LogP contribution < -0.4 is 10.1 Å². The van der Waals surface area contributed by atoms with Crippen molar-refractivity contribution < 1.29 is 14.2 Å². The van der Waals surface area contributed by atoms with Crippen molar-refractivity contribution in [1.29, 1.82) is 0 Å². The van der Waals surface area contributed by atoms with Gasteiger partial charge in [-0.25, -0.2) is 4.39 Å². The minimum absolute atomic E-state index is 0.0441. The molecule has 2 N–H and O–H groups in total. The molecule has 0 aliphatic heterocycles. The van der Waals surface area contributed by atoms with Crippen LogP contribution in [0, 0.1) is 5.82 Å². The van der Waals surface area contributed by atoms with Crippen molar-refractivity contribution in [3.05, 3.63) is 24.0 Å². The van der Waals surface area contributed by atoms with E-state index in [-0.39, 0.29) is 23.7 Å². The number of aliphatic hydroxyl groups excluding tert-OH is 1. The third-order valence-corrected chi connectivity index (χ3v) is 3.48. The van der Waals surface area contributed by atoms with Crippen LogP contribution in [-0.4, -0.2) is 24.4 Å². The van der Waals surface area contributed by atoms with Gasteiger partial charge in [0.05, 0.1) is 19.3 Å².